The number of hydrogen-bond donors (Lipinski definition) is 0. The predicted octanol–water partition coefficient (Wildman–Crippen LogP) is 0.406. The Labute approximate surface area is 65.0 Å². The molecular formula is C9H12Si. The zero-order chi connectivity index (χ0) is 7.40. The Morgan fingerprint density at radius 1 is 1.50 bits per heavy atom. The molecule has 1 aromatic rings. The van der Waals surface area contributed by atoms with Crippen LogP contribution in [0, 0.1) is 0 Å². The van der Waals surface area contributed by atoms with E-state index >= 15 is 0 Å². The van der Waals surface area contributed by atoms with Gasteiger partial charge in [-0.3, -0.25) is 0 Å². The van der Waals surface area contributed by atoms with E-state index in [1.165, 1.54) is 10.8 Å². The second-order valence-corrected chi connectivity index (χ2v) is 3.64. The molecule has 1 heteroatoms. The second kappa shape index (κ2) is 3.37. The van der Waals surface area contributed by atoms with Crippen LogP contribution in [0.4, 0.5) is 0 Å². The molecule has 0 saturated carbocycles. The van der Waals surface area contributed by atoms with Gasteiger partial charge >= 0.3 is 0 Å². The standard InChI is InChI=1S/C9H12Si/c1-2-4-8-5-3-6-9(10)7-8/h2-3,5-7H,1,4H2,10H3. The van der Waals surface area contributed by atoms with Crippen molar-refractivity contribution in [3.05, 3.63) is 42.5 Å². The van der Waals surface area contributed by atoms with E-state index in [1.807, 2.05) is 6.08 Å². The molecule has 0 amide bonds. The van der Waals surface area contributed by atoms with E-state index in [0.717, 1.165) is 16.7 Å². The summed E-state index contributed by atoms with van der Waals surface area (Å²) in [4.78, 5) is 0. The van der Waals surface area contributed by atoms with Crippen LogP contribution in [0.3, 0.4) is 0 Å². The summed E-state index contributed by atoms with van der Waals surface area (Å²) in [6, 6.07) is 8.66. The third-order valence-corrected chi connectivity index (χ3v) is 2.08. The minimum absolute atomic E-state index is 0.996. The summed E-state index contributed by atoms with van der Waals surface area (Å²) in [5.74, 6) is 0. The van der Waals surface area contributed by atoms with Gasteiger partial charge in [-0.15, -0.1) is 6.58 Å². The molecule has 0 atom stereocenters. The fourth-order valence-corrected chi connectivity index (χ4v) is 1.57. The normalized spacial score (nSPS) is 9.60. The lowest BCUT2D eigenvalue weighted by Crippen LogP contribution is -2.01. The quantitative estimate of drug-likeness (QED) is 0.421. The zero-order valence-electron chi connectivity index (χ0n) is 6.30. The monoisotopic (exact) mass is 148 g/mol. The molecule has 1 aromatic carbocycles. The van der Waals surface area contributed by atoms with Gasteiger partial charge < -0.3 is 0 Å². The maximum atomic E-state index is 3.70. The Hall–Kier alpha value is -0.823. The first-order valence-corrected chi connectivity index (χ1v) is 4.49. The fraction of sp³-hybridized carbons (Fsp3) is 0.111. The first-order valence-electron chi connectivity index (χ1n) is 3.49. The molecule has 0 aliphatic rings. The predicted molar refractivity (Wildman–Crippen MR) is 49.9 cm³/mol. The van der Waals surface area contributed by atoms with Gasteiger partial charge in [-0.05, 0) is 12.0 Å². The molecule has 0 spiro atoms. The molecule has 0 aliphatic heterocycles. The summed E-state index contributed by atoms with van der Waals surface area (Å²) in [5, 5.41) is 1.46. The number of rotatable bonds is 2. The first kappa shape index (κ1) is 7.29. The summed E-state index contributed by atoms with van der Waals surface area (Å²) >= 11 is 0. The van der Waals surface area contributed by atoms with Gasteiger partial charge in [-0.25, -0.2) is 0 Å². The zero-order valence-corrected chi connectivity index (χ0v) is 8.30. The first-order chi connectivity index (χ1) is 4.83. The van der Waals surface area contributed by atoms with Crippen molar-refractivity contribution in [2.75, 3.05) is 0 Å². The van der Waals surface area contributed by atoms with Crippen LogP contribution < -0.4 is 5.19 Å². The minimum Gasteiger partial charge on any atom is -0.103 e. The summed E-state index contributed by atoms with van der Waals surface area (Å²) in [6.45, 7) is 3.70. The fourth-order valence-electron chi connectivity index (χ4n) is 1.01. The van der Waals surface area contributed by atoms with E-state index in [9.17, 15) is 0 Å². The number of benzene rings is 1. The van der Waals surface area contributed by atoms with Crippen LogP contribution in [0.25, 0.3) is 0 Å². The molecule has 0 bridgehead atoms. The van der Waals surface area contributed by atoms with E-state index in [4.69, 9.17) is 0 Å². The van der Waals surface area contributed by atoms with Crippen molar-refractivity contribution in [1.82, 2.24) is 0 Å². The third-order valence-electron chi connectivity index (χ3n) is 1.46. The molecule has 52 valence electrons. The van der Waals surface area contributed by atoms with Gasteiger partial charge in [-0.1, -0.05) is 35.5 Å². The van der Waals surface area contributed by atoms with Gasteiger partial charge in [0.2, 0.25) is 0 Å². The van der Waals surface area contributed by atoms with Crippen molar-refractivity contribution in [2.24, 2.45) is 0 Å². The molecule has 0 aromatic heterocycles. The molecule has 0 fully saturated rings. The second-order valence-electron chi connectivity index (χ2n) is 2.48. The van der Waals surface area contributed by atoms with Crippen LogP contribution in [0.1, 0.15) is 5.56 Å². The molecule has 0 N–H and O–H groups in total. The van der Waals surface area contributed by atoms with Crippen LogP contribution >= 0.6 is 0 Å². The van der Waals surface area contributed by atoms with Crippen LogP contribution in [0.5, 0.6) is 0 Å². The van der Waals surface area contributed by atoms with E-state index in [1.54, 1.807) is 0 Å². The summed E-state index contributed by atoms with van der Waals surface area (Å²) in [6.07, 6.45) is 2.94. The lowest BCUT2D eigenvalue weighted by atomic mass is 10.1. The largest absolute Gasteiger partial charge is 0.103 e. The van der Waals surface area contributed by atoms with E-state index in [2.05, 4.69) is 30.8 Å². The van der Waals surface area contributed by atoms with Crippen LogP contribution in [-0.4, -0.2) is 10.2 Å². The van der Waals surface area contributed by atoms with Crippen molar-refractivity contribution in [3.8, 4) is 0 Å². The molecule has 1 rings (SSSR count). The molecule has 0 heterocycles. The molecule has 0 radical (unpaired) electrons. The van der Waals surface area contributed by atoms with Crippen molar-refractivity contribution in [2.45, 2.75) is 6.42 Å². The van der Waals surface area contributed by atoms with Gasteiger partial charge in [-0.2, -0.15) is 0 Å². The highest BCUT2D eigenvalue weighted by Crippen LogP contribution is 1.96. The third kappa shape index (κ3) is 1.85. The maximum absolute atomic E-state index is 3.70. The Balaban J connectivity index is 2.84. The molecule has 0 saturated heterocycles. The Kier molecular flexibility index (Phi) is 2.46. The highest BCUT2D eigenvalue weighted by molar-refractivity contribution is 6.32. The molecule has 0 unspecified atom stereocenters. The Morgan fingerprint density at radius 3 is 2.90 bits per heavy atom. The lowest BCUT2D eigenvalue weighted by molar-refractivity contribution is 1.29. The molecule has 0 nitrogen and oxygen atoms in total. The Morgan fingerprint density at radius 2 is 2.30 bits per heavy atom. The van der Waals surface area contributed by atoms with Gasteiger partial charge in [0.25, 0.3) is 0 Å². The van der Waals surface area contributed by atoms with E-state index < -0.39 is 0 Å². The molecule has 0 aliphatic carbocycles. The van der Waals surface area contributed by atoms with Gasteiger partial charge in [0.05, 0.1) is 0 Å². The van der Waals surface area contributed by atoms with Crippen molar-refractivity contribution in [1.29, 1.82) is 0 Å². The number of allylic oxidation sites excluding steroid dienone is 1. The number of hydrogen-bond acceptors (Lipinski definition) is 0. The highest BCUT2D eigenvalue weighted by Gasteiger charge is 1.87. The van der Waals surface area contributed by atoms with Crippen molar-refractivity contribution >= 4 is 15.4 Å². The van der Waals surface area contributed by atoms with Crippen molar-refractivity contribution < 1.29 is 0 Å². The van der Waals surface area contributed by atoms with Crippen molar-refractivity contribution in [3.63, 3.8) is 0 Å². The van der Waals surface area contributed by atoms with Crippen LogP contribution in [0.15, 0.2) is 36.9 Å². The van der Waals surface area contributed by atoms with E-state index in [-0.39, 0.29) is 0 Å². The molecule has 10 heavy (non-hydrogen) atoms. The lowest BCUT2D eigenvalue weighted by Gasteiger charge is -1.96. The summed E-state index contributed by atoms with van der Waals surface area (Å²) in [7, 11) is 1.15. The summed E-state index contributed by atoms with van der Waals surface area (Å²) < 4.78 is 0. The van der Waals surface area contributed by atoms with Gasteiger partial charge in [0.1, 0.15) is 0 Å². The smallest absolute Gasteiger partial charge is 0.0385 e. The highest BCUT2D eigenvalue weighted by atomic mass is 28.1. The maximum Gasteiger partial charge on any atom is 0.0385 e. The van der Waals surface area contributed by atoms with Gasteiger partial charge in [0.15, 0.2) is 0 Å². The SMILES string of the molecule is C=CCc1cccc([SiH3])c1. The van der Waals surface area contributed by atoms with E-state index in [0.29, 0.717) is 0 Å². The minimum atomic E-state index is 0.996. The van der Waals surface area contributed by atoms with Crippen LogP contribution in [0.2, 0.25) is 0 Å². The Bertz CT molecular complexity index is 228. The van der Waals surface area contributed by atoms with Gasteiger partial charge in [0, 0.05) is 10.2 Å². The van der Waals surface area contributed by atoms with Crippen LogP contribution in [-0.2, 0) is 6.42 Å². The average molecular weight is 148 g/mol. The average Bonchev–Trinajstić information content (AvgIpc) is 1.88. The molecular weight excluding hydrogens is 136 g/mol. The summed E-state index contributed by atoms with van der Waals surface area (Å²) in [5.41, 5.74) is 1.38. The topological polar surface area (TPSA) is 0 Å².